The average molecular weight is 361 g/mol. The number of rotatable bonds is 3. The zero-order chi connectivity index (χ0) is 18.8. The molecule has 1 aromatic carbocycles. The van der Waals surface area contributed by atoms with Crippen molar-refractivity contribution in [2.24, 2.45) is 0 Å². The number of ether oxygens (including phenoxy) is 2. The van der Waals surface area contributed by atoms with Crippen LogP contribution < -0.4 is 4.74 Å². The van der Waals surface area contributed by atoms with Crippen LogP contribution in [0.5, 0.6) is 5.75 Å². The molecule has 1 heterocycles. The molecule has 1 aromatic rings. The molecule has 0 spiro atoms. The molecule has 0 aromatic heterocycles. The third-order valence-electron chi connectivity index (χ3n) is 3.45. The highest BCUT2D eigenvalue weighted by atomic mass is 19.3. The fourth-order valence-corrected chi connectivity index (χ4v) is 2.43. The first-order chi connectivity index (χ1) is 11.6. The van der Waals surface area contributed by atoms with E-state index in [1.54, 1.807) is 20.8 Å². The van der Waals surface area contributed by atoms with Crippen LogP contribution in [0.25, 0.3) is 5.57 Å². The van der Waals surface area contributed by atoms with Crippen LogP contribution in [0.2, 0.25) is 0 Å². The Balaban J connectivity index is 2.24. The fraction of sp³-hybridized carbons (Fsp3) is 0.471. The van der Waals surface area contributed by atoms with E-state index in [-0.39, 0.29) is 25.1 Å². The largest absolute Gasteiger partial charge is 0.444 e. The van der Waals surface area contributed by atoms with Crippen LogP contribution in [0.3, 0.4) is 0 Å². The van der Waals surface area contributed by atoms with E-state index >= 15 is 0 Å². The quantitative estimate of drug-likeness (QED) is 0.739. The van der Waals surface area contributed by atoms with E-state index in [1.165, 1.54) is 11.0 Å². The zero-order valence-corrected chi connectivity index (χ0v) is 14.1. The van der Waals surface area contributed by atoms with E-state index in [2.05, 4.69) is 4.74 Å². The number of benzene rings is 1. The summed E-state index contributed by atoms with van der Waals surface area (Å²) < 4.78 is 62.3. The lowest BCUT2D eigenvalue weighted by atomic mass is 9.98. The van der Waals surface area contributed by atoms with Gasteiger partial charge in [-0.3, -0.25) is 0 Å². The number of halogens is 4. The predicted molar refractivity (Wildman–Crippen MR) is 83.4 cm³/mol. The van der Waals surface area contributed by atoms with Gasteiger partial charge in [0.15, 0.2) is 11.6 Å². The summed E-state index contributed by atoms with van der Waals surface area (Å²) in [5.74, 6) is -2.77. The second-order valence-electron chi connectivity index (χ2n) is 6.52. The molecule has 0 saturated carbocycles. The summed E-state index contributed by atoms with van der Waals surface area (Å²) >= 11 is 0. The van der Waals surface area contributed by atoms with Gasteiger partial charge in [0.1, 0.15) is 11.4 Å². The SMILES string of the molecule is CC(C)(C)OC(=O)N1CC=C(c2c(F)ccc(F)c2OC(F)F)CC1. The van der Waals surface area contributed by atoms with Crippen molar-refractivity contribution in [3.63, 3.8) is 0 Å². The molecule has 8 heteroatoms. The summed E-state index contributed by atoms with van der Waals surface area (Å²) in [4.78, 5) is 13.4. The summed E-state index contributed by atoms with van der Waals surface area (Å²) in [6.07, 6.45) is 1.09. The Labute approximate surface area is 143 Å². The van der Waals surface area contributed by atoms with Crippen LogP contribution >= 0.6 is 0 Å². The Morgan fingerprint density at radius 1 is 1.20 bits per heavy atom. The first-order valence-electron chi connectivity index (χ1n) is 7.68. The summed E-state index contributed by atoms with van der Waals surface area (Å²) in [5.41, 5.74) is -0.704. The van der Waals surface area contributed by atoms with Gasteiger partial charge in [0.2, 0.25) is 0 Å². The standard InChI is InChI=1S/C17H19F4NO3/c1-17(2,3)25-16(23)22-8-6-10(7-9-22)13-11(18)4-5-12(19)14(13)24-15(20)21/h4-6,15H,7-9H2,1-3H3. The molecule has 0 saturated heterocycles. The molecule has 0 unspecified atom stereocenters. The van der Waals surface area contributed by atoms with Crippen LogP contribution in [-0.2, 0) is 4.74 Å². The van der Waals surface area contributed by atoms with Gasteiger partial charge in [-0.25, -0.2) is 13.6 Å². The van der Waals surface area contributed by atoms with E-state index in [0.29, 0.717) is 5.57 Å². The average Bonchev–Trinajstić information content (AvgIpc) is 2.49. The van der Waals surface area contributed by atoms with Gasteiger partial charge >= 0.3 is 12.7 Å². The second kappa shape index (κ2) is 7.33. The van der Waals surface area contributed by atoms with Crippen LogP contribution in [-0.4, -0.2) is 36.3 Å². The summed E-state index contributed by atoms with van der Waals surface area (Å²) in [6.45, 7) is 2.18. The van der Waals surface area contributed by atoms with E-state index in [1.807, 2.05) is 0 Å². The van der Waals surface area contributed by atoms with E-state index in [9.17, 15) is 22.4 Å². The summed E-state index contributed by atoms with van der Waals surface area (Å²) in [6, 6.07) is 1.58. The molecule has 1 aliphatic rings. The van der Waals surface area contributed by atoms with Gasteiger partial charge in [-0.05, 0) is 44.9 Å². The summed E-state index contributed by atoms with van der Waals surface area (Å²) in [5, 5.41) is 0. The van der Waals surface area contributed by atoms with E-state index < -0.39 is 35.7 Å². The minimum absolute atomic E-state index is 0.0916. The maximum atomic E-state index is 14.1. The maximum absolute atomic E-state index is 14.1. The number of hydrogen-bond acceptors (Lipinski definition) is 3. The van der Waals surface area contributed by atoms with Gasteiger partial charge in [0.25, 0.3) is 0 Å². The fourth-order valence-electron chi connectivity index (χ4n) is 2.43. The molecular weight excluding hydrogens is 342 g/mol. The number of carbonyl (C=O) groups is 1. The van der Waals surface area contributed by atoms with E-state index in [0.717, 1.165) is 12.1 Å². The first kappa shape index (κ1) is 19.1. The molecule has 1 amide bonds. The van der Waals surface area contributed by atoms with Crippen LogP contribution in [0, 0.1) is 11.6 Å². The number of alkyl halides is 2. The monoisotopic (exact) mass is 361 g/mol. The molecular formula is C17H19F4NO3. The van der Waals surface area contributed by atoms with Gasteiger partial charge in [0.05, 0.1) is 5.56 Å². The number of carbonyl (C=O) groups excluding carboxylic acids is 1. The Morgan fingerprint density at radius 3 is 2.36 bits per heavy atom. The van der Waals surface area contributed by atoms with Crippen molar-refractivity contribution in [1.82, 2.24) is 4.90 Å². The van der Waals surface area contributed by atoms with Gasteiger partial charge < -0.3 is 14.4 Å². The second-order valence-corrected chi connectivity index (χ2v) is 6.52. The van der Waals surface area contributed by atoms with E-state index in [4.69, 9.17) is 4.74 Å². The normalized spacial score (nSPS) is 15.2. The maximum Gasteiger partial charge on any atom is 0.410 e. The lowest BCUT2D eigenvalue weighted by Gasteiger charge is -2.30. The number of hydrogen-bond donors (Lipinski definition) is 0. The molecule has 0 fully saturated rings. The molecule has 0 N–H and O–H groups in total. The first-order valence-corrected chi connectivity index (χ1v) is 7.68. The molecule has 1 aliphatic heterocycles. The van der Waals surface area contributed by atoms with Crippen molar-refractivity contribution >= 4 is 11.7 Å². The smallest absolute Gasteiger partial charge is 0.410 e. The predicted octanol–water partition coefficient (Wildman–Crippen LogP) is 4.59. The van der Waals surface area contributed by atoms with Gasteiger partial charge in [-0.15, -0.1) is 0 Å². The Kier molecular flexibility index (Phi) is 5.59. The van der Waals surface area contributed by atoms with Gasteiger partial charge in [0, 0.05) is 13.1 Å². The van der Waals surface area contributed by atoms with Crippen molar-refractivity contribution in [3.8, 4) is 5.75 Å². The van der Waals surface area contributed by atoms with Crippen LogP contribution in [0.4, 0.5) is 22.4 Å². The molecule has 0 bridgehead atoms. The Morgan fingerprint density at radius 2 is 1.84 bits per heavy atom. The van der Waals surface area contributed by atoms with Crippen LogP contribution in [0.1, 0.15) is 32.8 Å². The van der Waals surface area contributed by atoms with Gasteiger partial charge in [-0.1, -0.05) is 6.08 Å². The zero-order valence-electron chi connectivity index (χ0n) is 14.1. The Bertz CT molecular complexity index is 683. The number of nitrogens with zero attached hydrogens (tertiary/aromatic N) is 1. The van der Waals surface area contributed by atoms with Crippen molar-refractivity contribution in [3.05, 3.63) is 35.4 Å². The molecule has 0 atom stereocenters. The molecule has 4 nitrogen and oxygen atoms in total. The Hall–Kier alpha value is -2.25. The van der Waals surface area contributed by atoms with Crippen LogP contribution in [0.15, 0.2) is 18.2 Å². The molecule has 2 rings (SSSR count). The highest BCUT2D eigenvalue weighted by molar-refractivity contribution is 5.75. The molecule has 25 heavy (non-hydrogen) atoms. The minimum Gasteiger partial charge on any atom is -0.444 e. The van der Waals surface area contributed by atoms with Crippen molar-refractivity contribution in [1.29, 1.82) is 0 Å². The van der Waals surface area contributed by atoms with Crippen molar-refractivity contribution in [2.45, 2.75) is 39.4 Å². The highest BCUT2D eigenvalue weighted by Gasteiger charge is 2.27. The number of amides is 1. The van der Waals surface area contributed by atoms with Crippen molar-refractivity contribution < 1.29 is 31.8 Å². The topological polar surface area (TPSA) is 38.8 Å². The lowest BCUT2D eigenvalue weighted by molar-refractivity contribution is -0.0525. The minimum atomic E-state index is -3.28. The molecule has 0 aliphatic carbocycles. The van der Waals surface area contributed by atoms with Gasteiger partial charge in [-0.2, -0.15) is 8.78 Å². The third-order valence-corrected chi connectivity index (χ3v) is 3.45. The summed E-state index contributed by atoms with van der Waals surface area (Å²) in [7, 11) is 0. The van der Waals surface area contributed by atoms with Crippen molar-refractivity contribution in [2.75, 3.05) is 13.1 Å². The third kappa shape index (κ3) is 4.87. The highest BCUT2D eigenvalue weighted by Crippen LogP contribution is 2.35. The lowest BCUT2D eigenvalue weighted by Crippen LogP contribution is -2.39. The molecule has 138 valence electrons. The molecule has 0 radical (unpaired) electrons.